The van der Waals surface area contributed by atoms with Gasteiger partial charge >= 0.3 is 0 Å². The van der Waals surface area contributed by atoms with E-state index in [0.29, 0.717) is 18.0 Å². The second kappa shape index (κ2) is 11.1. The van der Waals surface area contributed by atoms with Crippen LogP contribution in [0.3, 0.4) is 0 Å². The summed E-state index contributed by atoms with van der Waals surface area (Å²) < 4.78 is 34.3. The van der Waals surface area contributed by atoms with Gasteiger partial charge in [0, 0.05) is 12.1 Å². The van der Waals surface area contributed by atoms with Crippen LogP contribution < -0.4 is 5.32 Å². The Balaban J connectivity index is 1.64. The summed E-state index contributed by atoms with van der Waals surface area (Å²) in [4.78, 5) is 12.2. The Morgan fingerprint density at radius 2 is 1.66 bits per heavy atom. The molecule has 2 aromatic rings. The molecule has 0 heterocycles. The lowest BCUT2D eigenvalue weighted by Crippen LogP contribution is -2.27. The lowest BCUT2D eigenvalue weighted by atomic mass is 9.97. The molecule has 0 saturated carbocycles. The fourth-order valence-electron chi connectivity index (χ4n) is 2.62. The standard InChI is InChI=1S/C22H29NO5S/c1-4-18(3)19-7-9-20(10-8-19)22(24)23-13-14-27-15-16-28-29(25,26)21-11-5-17(2)6-12-21/h5-12,18H,4,13-16H2,1-3H3,(H,23,24). The van der Waals surface area contributed by atoms with E-state index in [-0.39, 0.29) is 30.6 Å². The predicted molar refractivity (Wildman–Crippen MR) is 113 cm³/mol. The van der Waals surface area contributed by atoms with Gasteiger partial charge in [0.15, 0.2) is 0 Å². The van der Waals surface area contributed by atoms with Gasteiger partial charge in [-0.2, -0.15) is 8.42 Å². The predicted octanol–water partition coefficient (Wildman–Crippen LogP) is 3.66. The largest absolute Gasteiger partial charge is 0.377 e. The average molecular weight is 420 g/mol. The molecule has 158 valence electrons. The zero-order valence-corrected chi connectivity index (χ0v) is 18.0. The van der Waals surface area contributed by atoms with Crippen LogP contribution >= 0.6 is 0 Å². The van der Waals surface area contributed by atoms with E-state index >= 15 is 0 Å². The Hall–Kier alpha value is -2.22. The van der Waals surface area contributed by atoms with Gasteiger partial charge in [0.2, 0.25) is 0 Å². The Kier molecular flexibility index (Phi) is 8.82. The Bertz CT molecular complexity index is 876. The van der Waals surface area contributed by atoms with Crippen LogP contribution in [-0.4, -0.2) is 40.7 Å². The second-order valence-corrected chi connectivity index (χ2v) is 8.50. The lowest BCUT2D eigenvalue weighted by Gasteiger charge is -2.10. The van der Waals surface area contributed by atoms with Crippen LogP contribution in [-0.2, 0) is 19.0 Å². The SMILES string of the molecule is CCC(C)c1ccc(C(=O)NCCOCCOS(=O)(=O)c2ccc(C)cc2)cc1. The second-order valence-electron chi connectivity index (χ2n) is 6.89. The van der Waals surface area contributed by atoms with Gasteiger partial charge < -0.3 is 10.1 Å². The third-order valence-electron chi connectivity index (χ3n) is 4.66. The van der Waals surface area contributed by atoms with Crippen molar-refractivity contribution in [2.24, 2.45) is 0 Å². The van der Waals surface area contributed by atoms with Gasteiger partial charge in [0.25, 0.3) is 16.0 Å². The van der Waals surface area contributed by atoms with Gasteiger partial charge in [0.1, 0.15) is 0 Å². The molecule has 0 aliphatic carbocycles. The summed E-state index contributed by atoms with van der Waals surface area (Å²) in [7, 11) is -3.78. The van der Waals surface area contributed by atoms with Crippen molar-refractivity contribution >= 4 is 16.0 Å². The van der Waals surface area contributed by atoms with Crippen LogP contribution in [0.2, 0.25) is 0 Å². The Morgan fingerprint density at radius 1 is 1.00 bits per heavy atom. The molecule has 0 saturated heterocycles. The summed E-state index contributed by atoms with van der Waals surface area (Å²) >= 11 is 0. The highest BCUT2D eigenvalue weighted by atomic mass is 32.2. The maximum atomic E-state index is 12.1. The molecule has 0 bridgehead atoms. The smallest absolute Gasteiger partial charge is 0.297 e. The summed E-state index contributed by atoms with van der Waals surface area (Å²) in [5, 5.41) is 2.78. The molecule has 1 amide bonds. The minimum Gasteiger partial charge on any atom is -0.377 e. The van der Waals surface area contributed by atoms with Gasteiger partial charge in [-0.3, -0.25) is 8.98 Å². The highest BCUT2D eigenvalue weighted by Crippen LogP contribution is 2.18. The van der Waals surface area contributed by atoms with Crippen molar-refractivity contribution in [1.29, 1.82) is 0 Å². The molecule has 6 nitrogen and oxygen atoms in total. The third-order valence-corrected chi connectivity index (χ3v) is 5.99. The Labute approximate surface area is 173 Å². The van der Waals surface area contributed by atoms with Crippen LogP contribution in [0.1, 0.15) is 47.7 Å². The number of carbonyl (C=O) groups excluding carboxylic acids is 1. The molecule has 0 aliphatic rings. The molecular weight excluding hydrogens is 390 g/mol. The zero-order chi connectivity index (χ0) is 21.3. The molecule has 29 heavy (non-hydrogen) atoms. The van der Waals surface area contributed by atoms with Gasteiger partial charge in [-0.25, -0.2) is 0 Å². The number of nitrogens with one attached hydrogen (secondary N) is 1. The van der Waals surface area contributed by atoms with E-state index in [9.17, 15) is 13.2 Å². The minimum atomic E-state index is -3.78. The van der Waals surface area contributed by atoms with Gasteiger partial charge in [-0.1, -0.05) is 43.7 Å². The lowest BCUT2D eigenvalue weighted by molar-refractivity contribution is 0.0873. The van der Waals surface area contributed by atoms with Crippen molar-refractivity contribution in [3.8, 4) is 0 Å². The number of amides is 1. The van der Waals surface area contributed by atoms with Crippen molar-refractivity contribution in [2.45, 2.75) is 38.0 Å². The Morgan fingerprint density at radius 3 is 2.28 bits per heavy atom. The summed E-state index contributed by atoms with van der Waals surface area (Å²) in [6, 6.07) is 14.0. The first-order valence-electron chi connectivity index (χ1n) is 9.75. The van der Waals surface area contributed by atoms with Crippen molar-refractivity contribution in [2.75, 3.05) is 26.4 Å². The number of ether oxygens (including phenoxy) is 1. The molecule has 0 aliphatic heterocycles. The maximum absolute atomic E-state index is 12.1. The normalized spacial score (nSPS) is 12.5. The molecule has 1 unspecified atom stereocenters. The van der Waals surface area contributed by atoms with Gasteiger partial charge in [-0.15, -0.1) is 0 Å². The van der Waals surface area contributed by atoms with E-state index in [2.05, 4.69) is 19.2 Å². The number of hydrogen-bond donors (Lipinski definition) is 1. The summed E-state index contributed by atoms with van der Waals surface area (Å²) in [6.45, 7) is 6.80. The molecule has 2 rings (SSSR count). The molecule has 0 aromatic heterocycles. The number of hydrogen-bond acceptors (Lipinski definition) is 5. The zero-order valence-electron chi connectivity index (χ0n) is 17.2. The third kappa shape index (κ3) is 7.27. The fourth-order valence-corrected chi connectivity index (χ4v) is 3.51. The first kappa shape index (κ1) is 23.1. The molecule has 0 spiro atoms. The van der Waals surface area contributed by atoms with Crippen LogP contribution in [0.25, 0.3) is 0 Å². The van der Waals surface area contributed by atoms with Crippen LogP contribution in [0, 0.1) is 6.92 Å². The number of benzene rings is 2. The monoisotopic (exact) mass is 419 g/mol. The van der Waals surface area contributed by atoms with Crippen LogP contribution in [0.15, 0.2) is 53.4 Å². The minimum absolute atomic E-state index is 0.0821. The summed E-state index contributed by atoms with van der Waals surface area (Å²) in [5.74, 6) is 0.306. The number of carbonyl (C=O) groups is 1. The van der Waals surface area contributed by atoms with Crippen LogP contribution in [0.5, 0.6) is 0 Å². The fraction of sp³-hybridized carbons (Fsp3) is 0.409. The van der Waals surface area contributed by atoms with Crippen molar-refractivity contribution in [3.05, 3.63) is 65.2 Å². The van der Waals surface area contributed by atoms with E-state index in [0.717, 1.165) is 12.0 Å². The van der Waals surface area contributed by atoms with Crippen LogP contribution in [0.4, 0.5) is 0 Å². The quantitative estimate of drug-likeness (QED) is 0.444. The highest BCUT2D eigenvalue weighted by molar-refractivity contribution is 7.86. The van der Waals surface area contributed by atoms with Gasteiger partial charge in [0.05, 0.1) is 24.7 Å². The van der Waals surface area contributed by atoms with E-state index < -0.39 is 10.1 Å². The van der Waals surface area contributed by atoms with Gasteiger partial charge in [-0.05, 0) is 49.1 Å². The van der Waals surface area contributed by atoms with Crippen molar-refractivity contribution in [1.82, 2.24) is 5.32 Å². The summed E-state index contributed by atoms with van der Waals surface area (Å²) in [5.41, 5.74) is 2.79. The molecule has 1 N–H and O–H groups in total. The topological polar surface area (TPSA) is 81.7 Å². The molecular formula is C22H29NO5S. The first-order chi connectivity index (χ1) is 13.8. The maximum Gasteiger partial charge on any atom is 0.297 e. The highest BCUT2D eigenvalue weighted by Gasteiger charge is 2.14. The summed E-state index contributed by atoms with van der Waals surface area (Å²) in [6.07, 6.45) is 1.05. The number of aryl methyl sites for hydroxylation is 1. The van der Waals surface area contributed by atoms with Crippen molar-refractivity contribution in [3.63, 3.8) is 0 Å². The molecule has 0 fully saturated rings. The van der Waals surface area contributed by atoms with E-state index in [1.807, 2.05) is 31.2 Å². The van der Waals surface area contributed by atoms with E-state index in [1.165, 1.54) is 17.7 Å². The average Bonchev–Trinajstić information content (AvgIpc) is 2.72. The molecule has 7 heteroatoms. The first-order valence-corrected chi connectivity index (χ1v) is 11.2. The van der Waals surface area contributed by atoms with Crippen molar-refractivity contribution < 1.29 is 22.1 Å². The molecule has 2 aromatic carbocycles. The van der Waals surface area contributed by atoms with E-state index in [4.69, 9.17) is 8.92 Å². The molecule has 0 radical (unpaired) electrons. The van der Waals surface area contributed by atoms with E-state index in [1.54, 1.807) is 12.1 Å². The number of rotatable bonds is 11. The molecule has 1 atom stereocenters.